The van der Waals surface area contributed by atoms with Crippen molar-refractivity contribution in [2.45, 2.75) is 33.1 Å². The van der Waals surface area contributed by atoms with Gasteiger partial charge in [0, 0.05) is 15.8 Å². The van der Waals surface area contributed by atoms with Gasteiger partial charge in [-0.15, -0.1) is 0 Å². The first-order valence-electron chi connectivity index (χ1n) is 6.02. The van der Waals surface area contributed by atoms with Gasteiger partial charge in [-0.1, -0.05) is 34.0 Å². The van der Waals surface area contributed by atoms with E-state index in [1.54, 1.807) is 0 Å². The molecule has 94 valence electrons. The highest BCUT2D eigenvalue weighted by Gasteiger charge is 2.36. The summed E-state index contributed by atoms with van der Waals surface area (Å²) < 4.78 is 6.03. The Morgan fingerprint density at radius 2 is 1.88 bits per heavy atom. The average Bonchev–Trinajstić information content (AvgIpc) is 2.19. The number of rotatable bonds is 4. The number of halogens is 2. The number of hydrogen-bond donors (Lipinski definition) is 0. The fourth-order valence-corrected chi connectivity index (χ4v) is 3.39. The molecule has 1 saturated carbocycles. The second-order valence-corrected chi connectivity index (χ2v) is 6.14. The van der Waals surface area contributed by atoms with Crippen molar-refractivity contribution >= 4 is 27.5 Å². The van der Waals surface area contributed by atoms with E-state index < -0.39 is 0 Å². The molecule has 0 unspecified atom stereocenters. The summed E-state index contributed by atoms with van der Waals surface area (Å²) >= 11 is 9.62. The van der Waals surface area contributed by atoms with Gasteiger partial charge in [0.15, 0.2) is 0 Å². The lowest BCUT2D eigenvalue weighted by molar-refractivity contribution is 0.0830. The van der Waals surface area contributed by atoms with Gasteiger partial charge in [-0.3, -0.25) is 0 Å². The predicted molar refractivity (Wildman–Crippen MR) is 76.5 cm³/mol. The lowest BCUT2D eigenvalue weighted by atomic mass is 9.71. The van der Waals surface area contributed by atoms with E-state index in [1.807, 2.05) is 12.1 Å². The van der Waals surface area contributed by atoms with Gasteiger partial charge in [-0.05, 0) is 49.9 Å². The molecule has 0 atom stereocenters. The summed E-state index contributed by atoms with van der Waals surface area (Å²) in [5.41, 5.74) is 2.61. The molecule has 1 aliphatic carbocycles. The van der Waals surface area contributed by atoms with Gasteiger partial charge in [-0.2, -0.15) is 0 Å². The van der Waals surface area contributed by atoms with Crippen molar-refractivity contribution in [1.29, 1.82) is 0 Å². The molecule has 0 amide bonds. The number of ether oxygens (including phenoxy) is 1. The Bertz CT molecular complexity index is 384. The number of aryl methyl sites for hydroxylation is 2. The van der Waals surface area contributed by atoms with Crippen molar-refractivity contribution in [3.05, 3.63) is 28.3 Å². The van der Waals surface area contributed by atoms with Gasteiger partial charge in [-0.25, -0.2) is 0 Å². The van der Waals surface area contributed by atoms with Crippen LogP contribution in [0.25, 0.3) is 0 Å². The molecule has 1 aromatic rings. The Labute approximate surface area is 117 Å². The lowest BCUT2D eigenvalue weighted by Gasteiger charge is -2.40. The Morgan fingerprint density at radius 1 is 1.29 bits per heavy atom. The maximum absolute atomic E-state index is 6.03. The molecule has 1 fully saturated rings. The van der Waals surface area contributed by atoms with Crippen LogP contribution in [0.15, 0.2) is 12.1 Å². The molecule has 0 bridgehead atoms. The maximum Gasteiger partial charge on any atom is 0.125 e. The third-order valence-corrected chi connectivity index (χ3v) is 5.05. The van der Waals surface area contributed by atoms with Crippen LogP contribution >= 0.6 is 27.5 Å². The third kappa shape index (κ3) is 2.79. The Balaban J connectivity index is 2.09. The van der Waals surface area contributed by atoms with Crippen LogP contribution in [0, 0.1) is 19.3 Å². The number of hydrogen-bond acceptors (Lipinski definition) is 1. The zero-order valence-electron chi connectivity index (χ0n) is 10.4. The van der Waals surface area contributed by atoms with Gasteiger partial charge in [0.1, 0.15) is 5.75 Å². The summed E-state index contributed by atoms with van der Waals surface area (Å²) in [7, 11) is 0. The molecule has 1 aromatic carbocycles. The Kier molecular flexibility index (Phi) is 4.04. The second kappa shape index (κ2) is 5.19. The van der Waals surface area contributed by atoms with Crippen molar-refractivity contribution in [1.82, 2.24) is 0 Å². The standard InChI is InChI=1S/C14H18BrClO/c1-10-6-12(16)7-11(2)13(10)17-9-14(8-15)4-3-5-14/h6-7H,3-5,8-9H2,1-2H3. The maximum atomic E-state index is 6.03. The number of alkyl halides is 1. The zero-order chi connectivity index (χ0) is 12.5. The van der Waals surface area contributed by atoms with Crippen molar-refractivity contribution in [2.75, 3.05) is 11.9 Å². The van der Waals surface area contributed by atoms with E-state index in [9.17, 15) is 0 Å². The molecule has 0 spiro atoms. The first-order valence-corrected chi connectivity index (χ1v) is 7.52. The van der Waals surface area contributed by atoms with Crippen molar-refractivity contribution in [3.63, 3.8) is 0 Å². The molecule has 3 heteroatoms. The molecule has 0 aromatic heterocycles. The SMILES string of the molecule is Cc1cc(Cl)cc(C)c1OCC1(CBr)CCC1. The van der Waals surface area contributed by atoms with Crippen LogP contribution < -0.4 is 4.74 Å². The fourth-order valence-electron chi connectivity index (χ4n) is 2.34. The predicted octanol–water partition coefficient (Wildman–Crippen LogP) is 4.90. The summed E-state index contributed by atoms with van der Waals surface area (Å²) in [5, 5.41) is 1.82. The monoisotopic (exact) mass is 316 g/mol. The van der Waals surface area contributed by atoms with E-state index in [-0.39, 0.29) is 0 Å². The molecule has 0 N–H and O–H groups in total. The number of benzene rings is 1. The van der Waals surface area contributed by atoms with Crippen LogP contribution in [-0.4, -0.2) is 11.9 Å². The highest BCUT2D eigenvalue weighted by Crippen LogP contribution is 2.43. The molecule has 0 heterocycles. The largest absolute Gasteiger partial charge is 0.492 e. The molecule has 17 heavy (non-hydrogen) atoms. The molecule has 2 rings (SSSR count). The molecule has 0 aliphatic heterocycles. The molecular weight excluding hydrogens is 300 g/mol. The van der Waals surface area contributed by atoms with Crippen molar-refractivity contribution in [2.24, 2.45) is 5.41 Å². The van der Waals surface area contributed by atoms with Crippen LogP contribution in [0.1, 0.15) is 30.4 Å². The summed E-state index contributed by atoms with van der Waals surface area (Å²) in [6.07, 6.45) is 3.86. The van der Waals surface area contributed by atoms with E-state index in [0.717, 1.165) is 33.8 Å². The first kappa shape index (κ1) is 13.2. The molecule has 1 aliphatic rings. The Morgan fingerprint density at radius 3 is 2.29 bits per heavy atom. The van der Waals surface area contributed by atoms with E-state index in [4.69, 9.17) is 16.3 Å². The van der Waals surface area contributed by atoms with Crippen molar-refractivity contribution < 1.29 is 4.74 Å². The van der Waals surface area contributed by atoms with Crippen LogP contribution in [0.4, 0.5) is 0 Å². The zero-order valence-corrected chi connectivity index (χ0v) is 12.7. The normalized spacial score (nSPS) is 17.6. The van der Waals surface area contributed by atoms with Gasteiger partial charge in [0.05, 0.1) is 6.61 Å². The third-order valence-electron chi connectivity index (χ3n) is 3.65. The van der Waals surface area contributed by atoms with Crippen molar-refractivity contribution in [3.8, 4) is 5.75 Å². The van der Waals surface area contributed by atoms with E-state index in [2.05, 4.69) is 29.8 Å². The Hall–Kier alpha value is -0.210. The van der Waals surface area contributed by atoms with Crippen LogP contribution in [0.5, 0.6) is 5.75 Å². The molecule has 1 nitrogen and oxygen atoms in total. The van der Waals surface area contributed by atoms with Crippen LogP contribution in [0.2, 0.25) is 5.02 Å². The van der Waals surface area contributed by atoms with E-state index >= 15 is 0 Å². The van der Waals surface area contributed by atoms with Gasteiger partial charge in [0.25, 0.3) is 0 Å². The molecule has 0 saturated heterocycles. The van der Waals surface area contributed by atoms with Crippen LogP contribution in [0.3, 0.4) is 0 Å². The lowest BCUT2D eigenvalue weighted by Crippen LogP contribution is -2.37. The fraction of sp³-hybridized carbons (Fsp3) is 0.571. The van der Waals surface area contributed by atoms with E-state index in [0.29, 0.717) is 5.41 Å². The first-order chi connectivity index (χ1) is 8.06. The van der Waals surface area contributed by atoms with Gasteiger partial charge >= 0.3 is 0 Å². The smallest absolute Gasteiger partial charge is 0.125 e. The topological polar surface area (TPSA) is 9.23 Å². The minimum Gasteiger partial charge on any atom is -0.492 e. The summed E-state index contributed by atoms with van der Waals surface area (Å²) in [5.74, 6) is 1.00. The van der Waals surface area contributed by atoms with Gasteiger partial charge < -0.3 is 4.74 Å². The summed E-state index contributed by atoms with van der Waals surface area (Å²) in [6.45, 7) is 4.91. The summed E-state index contributed by atoms with van der Waals surface area (Å²) in [6, 6.07) is 3.93. The minimum atomic E-state index is 0.360. The quantitative estimate of drug-likeness (QED) is 0.718. The average molecular weight is 318 g/mol. The van der Waals surface area contributed by atoms with Gasteiger partial charge in [0.2, 0.25) is 0 Å². The highest BCUT2D eigenvalue weighted by molar-refractivity contribution is 9.09. The highest BCUT2D eigenvalue weighted by atomic mass is 79.9. The summed E-state index contributed by atoms with van der Waals surface area (Å²) in [4.78, 5) is 0. The van der Waals surface area contributed by atoms with Crippen LogP contribution in [-0.2, 0) is 0 Å². The van der Waals surface area contributed by atoms with E-state index in [1.165, 1.54) is 19.3 Å². The minimum absolute atomic E-state index is 0.360. The molecule has 0 radical (unpaired) electrons. The second-order valence-electron chi connectivity index (χ2n) is 5.14. The molecular formula is C14H18BrClO.